The van der Waals surface area contributed by atoms with Crippen LogP contribution in [0.15, 0.2) is 71.8 Å². The summed E-state index contributed by atoms with van der Waals surface area (Å²) in [6.45, 7) is 6.48. The van der Waals surface area contributed by atoms with Gasteiger partial charge in [0, 0.05) is 44.6 Å². The molecule has 5 nitrogen and oxygen atoms in total. The Hall–Kier alpha value is -2.58. The van der Waals surface area contributed by atoms with Gasteiger partial charge in [-0.1, -0.05) is 29.8 Å². The molecular formula is C25H25ClIN3O2. The number of ether oxygens (including phenoxy) is 1. The third kappa shape index (κ3) is 6.71. The summed E-state index contributed by atoms with van der Waals surface area (Å²) in [7, 11) is 0. The maximum Gasteiger partial charge on any atom is 0.271 e. The molecule has 7 heteroatoms. The molecule has 0 fully saturated rings. The first-order valence-corrected chi connectivity index (χ1v) is 11.8. The van der Waals surface area contributed by atoms with E-state index in [4.69, 9.17) is 16.3 Å². The molecule has 0 aliphatic rings. The summed E-state index contributed by atoms with van der Waals surface area (Å²) in [5, 5.41) is 4.63. The molecule has 0 spiro atoms. The number of amides is 1. The van der Waals surface area contributed by atoms with Gasteiger partial charge in [0.05, 0.1) is 6.21 Å². The molecule has 1 N–H and O–H groups in total. The number of rotatable bonds is 9. The first-order valence-electron chi connectivity index (χ1n) is 10.3. The lowest BCUT2D eigenvalue weighted by molar-refractivity contribution is 0.0955. The van der Waals surface area contributed by atoms with Crippen LogP contribution in [0.3, 0.4) is 0 Å². The van der Waals surface area contributed by atoms with Crippen LogP contribution in [0.4, 0.5) is 5.69 Å². The number of hydrogen-bond donors (Lipinski definition) is 1. The van der Waals surface area contributed by atoms with Crippen molar-refractivity contribution in [3.8, 4) is 5.75 Å². The first kappa shape index (κ1) is 24.1. The van der Waals surface area contributed by atoms with Gasteiger partial charge in [0.15, 0.2) is 0 Å². The number of nitrogens with one attached hydrogen (secondary N) is 1. The van der Waals surface area contributed by atoms with Gasteiger partial charge in [0.25, 0.3) is 5.91 Å². The summed E-state index contributed by atoms with van der Waals surface area (Å²) in [6.07, 6.45) is 1.59. The van der Waals surface area contributed by atoms with Gasteiger partial charge in [-0.3, -0.25) is 4.79 Å². The first-order chi connectivity index (χ1) is 15.5. The van der Waals surface area contributed by atoms with Gasteiger partial charge in [0.2, 0.25) is 0 Å². The van der Waals surface area contributed by atoms with E-state index in [2.05, 4.69) is 76.1 Å². The molecule has 3 rings (SSSR count). The van der Waals surface area contributed by atoms with Crippen LogP contribution in [0.5, 0.6) is 5.75 Å². The zero-order valence-corrected chi connectivity index (χ0v) is 20.9. The van der Waals surface area contributed by atoms with E-state index in [9.17, 15) is 4.79 Å². The van der Waals surface area contributed by atoms with E-state index >= 15 is 0 Å². The molecule has 0 aromatic heterocycles. The number of anilines is 1. The van der Waals surface area contributed by atoms with Gasteiger partial charge in [-0.2, -0.15) is 5.10 Å². The summed E-state index contributed by atoms with van der Waals surface area (Å²) in [5.41, 5.74) is 5.92. The van der Waals surface area contributed by atoms with E-state index in [0.717, 1.165) is 29.9 Å². The lowest BCUT2D eigenvalue weighted by Crippen LogP contribution is -2.21. The Morgan fingerprint density at radius 2 is 1.84 bits per heavy atom. The standard InChI is InChI=1S/C25H25ClIN3O2/c1-3-30(4-2)23-13-10-20(16-28-29-25(31)19-6-5-7-21(26)14-19)24(15-23)32-17-18-8-11-22(27)12-9-18/h5-16H,3-4,17H2,1-2H3,(H,29,31)/b28-16-. The largest absolute Gasteiger partial charge is 0.488 e. The third-order valence-corrected chi connectivity index (χ3v) is 5.84. The second-order valence-corrected chi connectivity index (χ2v) is 8.70. The van der Waals surface area contributed by atoms with Crippen LogP contribution in [0.1, 0.15) is 35.3 Å². The minimum Gasteiger partial charge on any atom is -0.488 e. The number of halogens is 2. The zero-order valence-electron chi connectivity index (χ0n) is 18.0. The molecule has 0 aliphatic heterocycles. The summed E-state index contributed by atoms with van der Waals surface area (Å²) < 4.78 is 7.33. The van der Waals surface area contributed by atoms with E-state index in [-0.39, 0.29) is 5.91 Å². The molecule has 0 aliphatic carbocycles. The number of hydrogen-bond acceptors (Lipinski definition) is 4. The predicted octanol–water partition coefficient (Wildman–Crippen LogP) is 6.13. The summed E-state index contributed by atoms with van der Waals surface area (Å²) in [6, 6.07) is 20.9. The second-order valence-electron chi connectivity index (χ2n) is 7.02. The van der Waals surface area contributed by atoms with Crippen molar-refractivity contribution in [2.45, 2.75) is 20.5 Å². The molecule has 166 valence electrons. The lowest BCUT2D eigenvalue weighted by atomic mass is 10.1. The van der Waals surface area contributed by atoms with Crippen LogP contribution in [0.25, 0.3) is 0 Å². The van der Waals surface area contributed by atoms with Crippen molar-refractivity contribution in [1.29, 1.82) is 0 Å². The molecule has 0 saturated carbocycles. The number of carbonyl (C=O) groups excluding carboxylic acids is 1. The predicted molar refractivity (Wildman–Crippen MR) is 140 cm³/mol. The Balaban J connectivity index is 1.78. The molecule has 32 heavy (non-hydrogen) atoms. The molecular weight excluding hydrogens is 537 g/mol. The Bertz CT molecular complexity index is 1080. The van der Waals surface area contributed by atoms with Crippen LogP contribution in [0.2, 0.25) is 5.02 Å². The van der Waals surface area contributed by atoms with E-state index in [1.807, 2.05) is 18.2 Å². The average molecular weight is 562 g/mol. The second kappa shape index (κ2) is 11.9. The number of nitrogens with zero attached hydrogens (tertiary/aromatic N) is 2. The zero-order chi connectivity index (χ0) is 22.9. The Kier molecular flexibility index (Phi) is 8.93. The van der Waals surface area contributed by atoms with Gasteiger partial charge in [-0.15, -0.1) is 0 Å². The van der Waals surface area contributed by atoms with Crippen LogP contribution in [-0.4, -0.2) is 25.2 Å². The fourth-order valence-corrected chi connectivity index (χ4v) is 3.69. The van der Waals surface area contributed by atoms with E-state index in [1.54, 1.807) is 30.5 Å². The van der Waals surface area contributed by atoms with Gasteiger partial charge in [-0.25, -0.2) is 5.43 Å². The summed E-state index contributed by atoms with van der Waals surface area (Å²) in [5.74, 6) is 0.374. The maximum atomic E-state index is 12.3. The van der Waals surface area contributed by atoms with Crippen LogP contribution in [-0.2, 0) is 6.61 Å². The van der Waals surface area contributed by atoms with Crippen LogP contribution in [0, 0.1) is 3.57 Å². The molecule has 0 heterocycles. The average Bonchev–Trinajstić information content (AvgIpc) is 2.80. The molecule has 1 amide bonds. The van der Waals surface area contributed by atoms with E-state index in [0.29, 0.717) is 22.9 Å². The molecule has 3 aromatic carbocycles. The van der Waals surface area contributed by atoms with E-state index in [1.165, 1.54) is 3.57 Å². The van der Waals surface area contributed by atoms with Crippen LogP contribution < -0.4 is 15.1 Å². The highest BCUT2D eigenvalue weighted by Gasteiger charge is 2.09. The van der Waals surface area contributed by atoms with Crippen molar-refractivity contribution in [2.75, 3.05) is 18.0 Å². The molecule has 3 aromatic rings. The van der Waals surface area contributed by atoms with Crippen molar-refractivity contribution in [1.82, 2.24) is 5.43 Å². The molecule has 0 bridgehead atoms. The van der Waals surface area contributed by atoms with Gasteiger partial charge in [-0.05, 0) is 84.5 Å². The number of benzene rings is 3. The highest BCUT2D eigenvalue weighted by molar-refractivity contribution is 14.1. The van der Waals surface area contributed by atoms with Gasteiger partial charge < -0.3 is 9.64 Å². The normalized spacial score (nSPS) is 10.9. The van der Waals surface area contributed by atoms with Gasteiger partial charge in [0.1, 0.15) is 12.4 Å². The van der Waals surface area contributed by atoms with Crippen molar-refractivity contribution in [2.24, 2.45) is 5.10 Å². The van der Waals surface area contributed by atoms with Gasteiger partial charge >= 0.3 is 0 Å². The summed E-state index contributed by atoms with van der Waals surface area (Å²) in [4.78, 5) is 14.6. The quantitative estimate of drug-likeness (QED) is 0.194. The van der Waals surface area contributed by atoms with Crippen molar-refractivity contribution < 1.29 is 9.53 Å². The van der Waals surface area contributed by atoms with E-state index < -0.39 is 0 Å². The molecule has 0 radical (unpaired) electrons. The fourth-order valence-electron chi connectivity index (χ4n) is 3.14. The molecule has 0 unspecified atom stereocenters. The maximum absolute atomic E-state index is 12.3. The van der Waals surface area contributed by atoms with Crippen molar-refractivity contribution in [3.63, 3.8) is 0 Å². The third-order valence-electron chi connectivity index (χ3n) is 4.89. The minimum absolute atomic E-state index is 0.329. The smallest absolute Gasteiger partial charge is 0.271 e. The molecule has 0 atom stereocenters. The van der Waals surface area contributed by atoms with Crippen molar-refractivity contribution in [3.05, 3.63) is 92.0 Å². The highest BCUT2D eigenvalue weighted by atomic mass is 127. The topological polar surface area (TPSA) is 53.9 Å². The lowest BCUT2D eigenvalue weighted by Gasteiger charge is -2.22. The Morgan fingerprint density at radius 1 is 1.09 bits per heavy atom. The van der Waals surface area contributed by atoms with Crippen LogP contribution >= 0.6 is 34.2 Å². The van der Waals surface area contributed by atoms with Crippen molar-refractivity contribution >= 4 is 52.0 Å². The number of hydrazone groups is 1. The Labute approximate surface area is 207 Å². The molecule has 0 saturated heterocycles. The summed E-state index contributed by atoms with van der Waals surface area (Å²) >= 11 is 8.24. The Morgan fingerprint density at radius 3 is 2.53 bits per heavy atom. The monoisotopic (exact) mass is 561 g/mol. The minimum atomic E-state index is -0.329. The fraction of sp³-hybridized carbons (Fsp3) is 0.200. The highest BCUT2D eigenvalue weighted by Crippen LogP contribution is 2.26. The SMILES string of the molecule is CCN(CC)c1ccc(/C=N\NC(=O)c2cccc(Cl)c2)c(OCc2ccc(I)cc2)c1. The number of carbonyl (C=O) groups is 1.